The minimum atomic E-state index is 0.102. The Balaban J connectivity index is 2.01. The molecule has 23 heavy (non-hydrogen) atoms. The summed E-state index contributed by atoms with van der Waals surface area (Å²) in [5, 5.41) is 3.67. The van der Waals surface area contributed by atoms with Crippen molar-refractivity contribution in [3.63, 3.8) is 0 Å². The lowest BCUT2D eigenvalue weighted by Gasteiger charge is -2.44. The predicted molar refractivity (Wildman–Crippen MR) is 95.8 cm³/mol. The van der Waals surface area contributed by atoms with Gasteiger partial charge in [-0.15, -0.1) is 0 Å². The fourth-order valence-corrected chi connectivity index (χ4v) is 3.48. The molecule has 0 spiro atoms. The maximum atomic E-state index is 12.1. The number of carbonyl (C=O) groups is 1. The molecule has 1 heterocycles. The summed E-state index contributed by atoms with van der Waals surface area (Å²) in [4.78, 5) is 14.0. The van der Waals surface area contributed by atoms with E-state index in [1.165, 1.54) is 11.1 Å². The molecule has 0 aromatic heterocycles. The zero-order chi connectivity index (χ0) is 16.6. The van der Waals surface area contributed by atoms with Gasteiger partial charge in [-0.25, -0.2) is 0 Å². The number of fused-ring (bicyclic) bond motifs is 1. The molecule has 0 bridgehead atoms. The Morgan fingerprint density at radius 3 is 2.35 bits per heavy atom. The second-order valence-corrected chi connectivity index (χ2v) is 6.54. The zero-order valence-corrected chi connectivity index (χ0v) is 14.2. The SMILES string of the molecule is CC(=O)N1c2ccccc2[C@H](Nc2ccc(C)cc2)C(C)[C@@H]1C. The average molecular weight is 308 g/mol. The highest BCUT2D eigenvalue weighted by molar-refractivity contribution is 5.93. The molecular formula is C20H24N2O. The van der Waals surface area contributed by atoms with E-state index in [0.29, 0.717) is 5.92 Å². The topological polar surface area (TPSA) is 32.3 Å². The largest absolute Gasteiger partial charge is 0.378 e. The van der Waals surface area contributed by atoms with E-state index in [-0.39, 0.29) is 18.0 Å². The number of amides is 1. The molecule has 0 saturated carbocycles. The van der Waals surface area contributed by atoms with Gasteiger partial charge in [-0.1, -0.05) is 42.8 Å². The van der Waals surface area contributed by atoms with Gasteiger partial charge < -0.3 is 10.2 Å². The van der Waals surface area contributed by atoms with Gasteiger partial charge in [-0.2, -0.15) is 0 Å². The van der Waals surface area contributed by atoms with Crippen molar-refractivity contribution in [3.8, 4) is 0 Å². The van der Waals surface area contributed by atoms with Crippen LogP contribution in [0.1, 0.15) is 37.9 Å². The van der Waals surface area contributed by atoms with Crippen molar-refractivity contribution < 1.29 is 4.79 Å². The van der Waals surface area contributed by atoms with Crippen molar-refractivity contribution in [1.82, 2.24) is 0 Å². The smallest absolute Gasteiger partial charge is 0.224 e. The third-order valence-corrected chi connectivity index (χ3v) is 4.94. The Kier molecular flexibility index (Phi) is 4.12. The maximum Gasteiger partial charge on any atom is 0.224 e. The zero-order valence-electron chi connectivity index (χ0n) is 14.2. The first-order chi connectivity index (χ1) is 11.0. The minimum Gasteiger partial charge on any atom is -0.378 e. The standard InChI is InChI=1S/C20H24N2O/c1-13-9-11-17(12-10-13)21-20-14(2)15(3)22(16(4)23)19-8-6-5-7-18(19)20/h5-12,14-15,20-21H,1-4H3/t14?,15-,20+/m0/s1. The molecule has 3 heteroatoms. The van der Waals surface area contributed by atoms with Gasteiger partial charge in [0.15, 0.2) is 0 Å². The fraction of sp³-hybridized carbons (Fsp3) is 0.350. The Labute approximate surface area is 138 Å². The molecule has 1 amide bonds. The molecule has 0 aliphatic carbocycles. The molecular weight excluding hydrogens is 284 g/mol. The van der Waals surface area contributed by atoms with Crippen LogP contribution in [0.25, 0.3) is 0 Å². The molecule has 3 rings (SSSR count). The van der Waals surface area contributed by atoms with Crippen LogP contribution >= 0.6 is 0 Å². The van der Waals surface area contributed by atoms with Crippen LogP contribution in [0.15, 0.2) is 48.5 Å². The van der Waals surface area contributed by atoms with Gasteiger partial charge in [0.05, 0.1) is 6.04 Å². The van der Waals surface area contributed by atoms with Crippen LogP contribution in [0.4, 0.5) is 11.4 Å². The van der Waals surface area contributed by atoms with Crippen molar-refractivity contribution in [3.05, 3.63) is 59.7 Å². The maximum absolute atomic E-state index is 12.1. The van der Waals surface area contributed by atoms with Crippen LogP contribution in [0.2, 0.25) is 0 Å². The molecule has 1 aliphatic heterocycles. The van der Waals surface area contributed by atoms with Crippen molar-refractivity contribution in [2.45, 2.75) is 39.8 Å². The average Bonchev–Trinajstić information content (AvgIpc) is 2.53. The third-order valence-electron chi connectivity index (χ3n) is 4.94. The summed E-state index contributed by atoms with van der Waals surface area (Å²) in [7, 11) is 0. The van der Waals surface area contributed by atoms with E-state index in [1.54, 1.807) is 6.92 Å². The number of aryl methyl sites for hydroxylation is 1. The summed E-state index contributed by atoms with van der Waals surface area (Å²) in [6, 6.07) is 17.0. The first-order valence-electron chi connectivity index (χ1n) is 8.21. The van der Waals surface area contributed by atoms with Gasteiger partial charge in [-0.05, 0) is 37.6 Å². The molecule has 0 radical (unpaired) electrons. The van der Waals surface area contributed by atoms with Crippen molar-refractivity contribution in [1.29, 1.82) is 0 Å². The van der Waals surface area contributed by atoms with Gasteiger partial charge in [0.2, 0.25) is 5.91 Å². The van der Waals surface area contributed by atoms with Crippen LogP contribution < -0.4 is 10.2 Å². The normalized spacial score (nSPS) is 23.3. The predicted octanol–water partition coefficient (Wildman–Crippen LogP) is 4.54. The highest BCUT2D eigenvalue weighted by Crippen LogP contribution is 2.42. The summed E-state index contributed by atoms with van der Waals surface area (Å²) in [6.45, 7) is 8.08. The lowest BCUT2D eigenvalue weighted by molar-refractivity contribution is -0.117. The molecule has 0 saturated heterocycles. The molecule has 3 atom stereocenters. The van der Waals surface area contributed by atoms with Crippen LogP contribution in [-0.4, -0.2) is 11.9 Å². The van der Waals surface area contributed by atoms with E-state index in [4.69, 9.17) is 0 Å². The lowest BCUT2D eigenvalue weighted by Crippen LogP contribution is -2.48. The van der Waals surface area contributed by atoms with Crippen LogP contribution in [0, 0.1) is 12.8 Å². The lowest BCUT2D eigenvalue weighted by atomic mass is 9.82. The molecule has 2 aromatic rings. The summed E-state index contributed by atoms with van der Waals surface area (Å²) in [5.41, 5.74) is 4.58. The highest BCUT2D eigenvalue weighted by Gasteiger charge is 2.37. The second-order valence-electron chi connectivity index (χ2n) is 6.54. The molecule has 0 fully saturated rings. The molecule has 2 aromatic carbocycles. The number of anilines is 2. The molecule has 1 unspecified atom stereocenters. The Bertz CT molecular complexity index is 708. The summed E-state index contributed by atoms with van der Waals surface area (Å²) in [6.07, 6.45) is 0. The van der Waals surface area contributed by atoms with E-state index >= 15 is 0 Å². The van der Waals surface area contributed by atoms with E-state index < -0.39 is 0 Å². The first kappa shape index (κ1) is 15.6. The highest BCUT2D eigenvalue weighted by atomic mass is 16.2. The minimum absolute atomic E-state index is 0.102. The molecule has 3 nitrogen and oxygen atoms in total. The Hall–Kier alpha value is -2.29. The first-order valence-corrected chi connectivity index (χ1v) is 8.21. The molecule has 1 N–H and O–H groups in total. The van der Waals surface area contributed by atoms with Crippen molar-refractivity contribution >= 4 is 17.3 Å². The van der Waals surface area contributed by atoms with Gasteiger partial charge in [0.1, 0.15) is 0 Å². The van der Waals surface area contributed by atoms with Crippen LogP contribution in [0.3, 0.4) is 0 Å². The van der Waals surface area contributed by atoms with Crippen molar-refractivity contribution in [2.75, 3.05) is 10.2 Å². The Morgan fingerprint density at radius 2 is 1.70 bits per heavy atom. The number of carbonyl (C=O) groups excluding carboxylic acids is 1. The number of hydrogen-bond donors (Lipinski definition) is 1. The summed E-state index contributed by atoms with van der Waals surface area (Å²) in [5.74, 6) is 0.417. The Morgan fingerprint density at radius 1 is 1.04 bits per heavy atom. The number of hydrogen-bond acceptors (Lipinski definition) is 2. The molecule has 1 aliphatic rings. The number of para-hydroxylation sites is 1. The van der Waals surface area contributed by atoms with Gasteiger partial charge in [0.25, 0.3) is 0 Å². The monoisotopic (exact) mass is 308 g/mol. The van der Waals surface area contributed by atoms with E-state index in [9.17, 15) is 4.79 Å². The van der Waals surface area contributed by atoms with Crippen LogP contribution in [-0.2, 0) is 4.79 Å². The fourth-order valence-electron chi connectivity index (χ4n) is 3.48. The van der Waals surface area contributed by atoms with E-state index in [1.807, 2.05) is 23.1 Å². The second kappa shape index (κ2) is 6.07. The van der Waals surface area contributed by atoms with Gasteiger partial charge in [-0.3, -0.25) is 4.79 Å². The quantitative estimate of drug-likeness (QED) is 0.883. The number of benzene rings is 2. The number of nitrogens with zero attached hydrogens (tertiary/aromatic N) is 1. The van der Waals surface area contributed by atoms with E-state index in [2.05, 4.69) is 56.4 Å². The third kappa shape index (κ3) is 2.83. The molecule has 120 valence electrons. The van der Waals surface area contributed by atoms with Gasteiger partial charge in [0, 0.05) is 30.3 Å². The summed E-state index contributed by atoms with van der Waals surface area (Å²) < 4.78 is 0. The summed E-state index contributed by atoms with van der Waals surface area (Å²) >= 11 is 0. The van der Waals surface area contributed by atoms with E-state index in [0.717, 1.165) is 11.4 Å². The van der Waals surface area contributed by atoms with Gasteiger partial charge >= 0.3 is 0 Å². The van der Waals surface area contributed by atoms with Crippen LogP contribution in [0.5, 0.6) is 0 Å². The van der Waals surface area contributed by atoms with Crippen molar-refractivity contribution in [2.24, 2.45) is 5.92 Å². The number of nitrogens with one attached hydrogen (secondary N) is 1. The number of rotatable bonds is 2.